The summed E-state index contributed by atoms with van der Waals surface area (Å²) in [6, 6.07) is 23.7. The van der Waals surface area contributed by atoms with Crippen molar-refractivity contribution in [2.75, 3.05) is 0 Å². The van der Waals surface area contributed by atoms with Gasteiger partial charge in [-0.25, -0.2) is 0 Å². The Balaban J connectivity index is 2.14. The molecule has 0 fully saturated rings. The lowest BCUT2D eigenvalue weighted by molar-refractivity contribution is -0.137. The van der Waals surface area contributed by atoms with E-state index in [0.717, 1.165) is 23.3 Å². The summed E-state index contributed by atoms with van der Waals surface area (Å²) in [4.78, 5) is 0. The minimum Gasteiger partial charge on any atom is -0.507 e. The van der Waals surface area contributed by atoms with E-state index >= 15 is 0 Å². The number of phenols is 1. The van der Waals surface area contributed by atoms with Crippen LogP contribution in [0.2, 0.25) is 0 Å². The highest BCUT2D eigenvalue weighted by Gasteiger charge is 2.31. The molecule has 4 aromatic carbocycles. The third-order valence-electron chi connectivity index (χ3n) is 4.59. The summed E-state index contributed by atoms with van der Waals surface area (Å²) in [5, 5.41) is 11.3. The number of phenolic OH excluding ortho intramolecular Hbond substituents is 1. The number of rotatable bonds is 2. The Morgan fingerprint density at radius 2 is 1.22 bits per heavy atom. The summed E-state index contributed by atoms with van der Waals surface area (Å²) in [5.41, 5.74) is 2.23. The van der Waals surface area contributed by atoms with E-state index in [9.17, 15) is 18.3 Å². The maximum atomic E-state index is 13.3. The van der Waals surface area contributed by atoms with Gasteiger partial charge in [0.25, 0.3) is 0 Å². The molecule has 1 nitrogen and oxygen atoms in total. The first-order valence-electron chi connectivity index (χ1n) is 8.43. The van der Waals surface area contributed by atoms with Crippen molar-refractivity contribution in [3.8, 4) is 28.0 Å². The summed E-state index contributed by atoms with van der Waals surface area (Å²) in [7, 11) is 0. The third kappa shape index (κ3) is 3.14. The molecule has 0 aliphatic carbocycles. The summed E-state index contributed by atoms with van der Waals surface area (Å²) in [6.07, 6.45) is -4.46. The molecule has 1 N–H and O–H groups in total. The number of alkyl halides is 3. The predicted octanol–water partition coefficient (Wildman–Crippen LogP) is 6.90. The van der Waals surface area contributed by atoms with E-state index in [-0.39, 0.29) is 5.75 Å². The lowest BCUT2D eigenvalue weighted by Gasteiger charge is -2.17. The molecule has 0 amide bonds. The molecule has 0 spiro atoms. The fraction of sp³-hybridized carbons (Fsp3) is 0.0435. The molecule has 0 aliphatic rings. The van der Waals surface area contributed by atoms with Crippen molar-refractivity contribution in [1.82, 2.24) is 0 Å². The maximum absolute atomic E-state index is 13.3. The van der Waals surface area contributed by atoms with Crippen LogP contribution >= 0.6 is 0 Å². The van der Waals surface area contributed by atoms with Crippen molar-refractivity contribution in [2.24, 2.45) is 0 Å². The maximum Gasteiger partial charge on any atom is 0.416 e. The van der Waals surface area contributed by atoms with Gasteiger partial charge in [0.15, 0.2) is 0 Å². The second-order valence-electron chi connectivity index (χ2n) is 6.31. The molecule has 0 heterocycles. The van der Waals surface area contributed by atoms with Crippen LogP contribution < -0.4 is 0 Å². The van der Waals surface area contributed by atoms with E-state index in [1.54, 1.807) is 6.07 Å². The zero-order chi connectivity index (χ0) is 19.0. The average molecular weight is 364 g/mol. The largest absolute Gasteiger partial charge is 0.507 e. The van der Waals surface area contributed by atoms with Crippen molar-refractivity contribution in [2.45, 2.75) is 6.18 Å². The highest BCUT2D eigenvalue weighted by molar-refractivity contribution is 6.07. The summed E-state index contributed by atoms with van der Waals surface area (Å²) in [5.74, 6) is -0.0442. The van der Waals surface area contributed by atoms with E-state index in [2.05, 4.69) is 0 Å². The Kier molecular flexibility index (Phi) is 4.11. The van der Waals surface area contributed by atoms with Gasteiger partial charge >= 0.3 is 6.18 Å². The second-order valence-corrected chi connectivity index (χ2v) is 6.31. The Bertz CT molecular complexity index is 1100. The Hall–Kier alpha value is -3.27. The van der Waals surface area contributed by atoms with E-state index in [0.29, 0.717) is 21.9 Å². The number of benzene rings is 4. The average Bonchev–Trinajstić information content (AvgIpc) is 2.68. The molecular formula is C23H15F3O. The summed E-state index contributed by atoms with van der Waals surface area (Å²) in [6.45, 7) is 0. The number of hydrogen-bond donors (Lipinski definition) is 1. The Morgan fingerprint density at radius 1 is 0.630 bits per heavy atom. The van der Waals surface area contributed by atoms with Gasteiger partial charge in [-0.2, -0.15) is 13.2 Å². The van der Waals surface area contributed by atoms with Crippen molar-refractivity contribution in [3.05, 3.63) is 90.5 Å². The van der Waals surface area contributed by atoms with Crippen molar-refractivity contribution in [1.29, 1.82) is 0 Å². The molecule has 27 heavy (non-hydrogen) atoms. The van der Waals surface area contributed by atoms with E-state index in [1.807, 2.05) is 60.7 Å². The molecule has 0 unspecified atom stereocenters. The van der Waals surface area contributed by atoms with Gasteiger partial charge < -0.3 is 5.11 Å². The molecule has 0 bridgehead atoms. The van der Waals surface area contributed by atoms with E-state index in [1.165, 1.54) is 6.07 Å². The van der Waals surface area contributed by atoms with Gasteiger partial charge in [-0.1, -0.05) is 66.7 Å². The van der Waals surface area contributed by atoms with Gasteiger partial charge in [0.1, 0.15) is 5.75 Å². The highest BCUT2D eigenvalue weighted by atomic mass is 19.4. The van der Waals surface area contributed by atoms with E-state index in [4.69, 9.17) is 0 Å². The van der Waals surface area contributed by atoms with Crippen LogP contribution in [-0.2, 0) is 6.18 Å². The molecule has 4 heteroatoms. The lowest BCUT2D eigenvalue weighted by Crippen LogP contribution is -2.04. The molecule has 0 atom stereocenters. The van der Waals surface area contributed by atoms with Crippen LogP contribution in [0.1, 0.15) is 5.56 Å². The Labute approximate surface area is 154 Å². The number of halogens is 3. The van der Waals surface area contributed by atoms with Gasteiger partial charge in [0.05, 0.1) is 5.56 Å². The highest BCUT2D eigenvalue weighted by Crippen LogP contribution is 2.44. The molecular weight excluding hydrogens is 349 g/mol. The standard InChI is InChI=1S/C23H15F3O/c24-23(25,26)17-11-12-18-20(13-17)22(16-9-5-2-6-10-16)19(14-21(18)27)15-7-3-1-4-8-15/h1-14,27H. The van der Waals surface area contributed by atoms with Crippen molar-refractivity contribution < 1.29 is 18.3 Å². The van der Waals surface area contributed by atoms with Crippen LogP contribution in [0.15, 0.2) is 84.9 Å². The molecule has 4 rings (SSSR count). The molecule has 0 saturated heterocycles. The molecule has 0 aliphatic heterocycles. The van der Waals surface area contributed by atoms with Crippen LogP contribution in [-0.4, -0.2) is 5.11 Å². The van der Waals surface area contributed by atoms with Crippen LogP contribution in [0.4, 0.5) is 13.2 Å². The fourth-order valence-corrected chi connectivity index (χ4v) is 3.34. The topological polar surface area (TPSA) is 20.2 Å². The van der Waals surface area contributed by atoms with Crippen molar-refractivity contribution >= 4 is 10.8 Å². The molecule has 0 radical (unpaired) electrons. The SMILES string of the molecule is Oc1cc(-c2ccccc2)c(-c2ccccc2)c2cc(C(F)(F)F)ccc12. The number of aromatic hydroxyl groups is 1. The second kappa shape index (κ2) is 6.47. The molecule has 134 valence electrons. The van der Waals surface area contributed by atoms with Gasteiger partial charge in [-0.3, -0.25) is 0 Å². The zero-order valence-electron chi connectivity index (χ0n) is 14.2. The molecule has 0 aromatic heterocycles. The third-order valence-corrected chi connectivity index (χ3v) is 4.59. The predicted molar refractivity (Wildman–Crippen MR) is 101 cm³/mol. The van der Waals surface area contributed by atoms with Crippen LogP contribution in [0, 0.1) is 0 Å². The van der Waals surface area contributed by atoms with Gasteiger partial charge in [-0.05, 0) is 45.8 Å². The fourth-order valence-electron chi connectivity index (χ4n) is 3.34. The minimum atomic E-state index is -4.46. The normalized spacial score (nSPS) is 11.7. The first-order chi connectivity index (χ1) is 12.9. The van der Waals surface area contributed by atoms with Crippen LogP contribution in [0.5, 0.6) is 5.75 Å². The summed E-state index contributed by atoms with van der Waals surface area (Å²) < 4.78 is 39.9. The monoisotopic (exact) mass is 364 g/mol. The zero-order valence-corrected chi connectivity index (χ0v) is 14.2. The molecule has 0 saturated carbocycles. The van der Waals surface area contributed by atoms with Crippen LogP contribution in [0.25, 0.3) is 33.0 Å². The number of hydrogen-bond acceptors (Lipinski definition) is 1. The van der Waals surface area contributed by atoms with Gasteiger partial charge in [0.2, 0.25) is 0 Å². The number of fused-ring (bicyclic) bond motifs is 1. The summed E-state index contributed by atoms with van der Waals surface area (Å²) >= 11 is 0. The molecule has 4 aromatic rings. The van der Waals surface area contributed by atoms with Crippen LogP contribution in [0.3, 0.4) is 0 Å². The van der Waals surface area contributed by atoms with Gasteiger partial charge in [-0.15, -0.1) is 0 Å². The van der Waals surface area contributed by atoms with E-state index < -0.39 is 11.7 Å². The first kappa shape index (κ1) is 17.2. The first-order valence-corrected chi connectivity index (χ1v) is 8.43. The smallest absolute Gasteiger partial charge is 0.416 e. The quantitative estimate of drug-likeness (QED) is 0.410. The lowest BCUT2D eigenvalue weighted by atomic mass is 9.88. The van der Waals surface area contributed by atoms with Gasteiger partial charge in [0, 0.05) is 5.39 Å². The van der Waals surface area contributed by atoms with Crippen molar-refractivity contribution in [3.63, 3.8) is 0 Å². The minimum absolute atomic E-state index is 0.0442. The Morgan fingerprint density at radius 3 is 1.81 bits per heavy atom.